The van der Waals surface area contributed by atoms with Gasteiger partial charge in [0, 0.05) is 11.1 Å². The first-order valence-electron chi connectivity index (χ1n) is 12.9. The summed E-state index contributed by atoms with van der Waals surface area (Å²) >= 11 is 0. The molecule has 5 nitrogen and oxygen atoms in total. The quantitative estimate of drug-likeness (QED) is 0.178. The van der Waals surface area contributed by atoms with E-state index in [0.717, 1.165) is 47.1 Å². The van der Waals surface area contributed by atoms with E-state index in [1.807, 2.05) is 68.4 Å². The van der Waals surface area contributed by atoms with E-state index in [4.69, 9.17) is 4.98 Å². The van der Waals surface area contributed by atoms with Crippen molar-refractivity contribution < 1.29 is 10.2 Å². The van der Waals surface area contributed by atoms with Gasteiger partial charge in [0.25, 0.3) is 0 Å². The fraction of sp³-hybridized carbons (Fsp3) is 0.323. The first-order chi connectivity index (χ1) is 17.5. The van der Waals surface area contributed by atoms with Crippen molar-refractivity contribution in [2.75, 3.05) is 0 Å². The molecule has 0 aliphatic rings. The number of rotatable bonds is 10. The van der Waals surface area contributed by atoms with E-state index in [-0.39, 0.29) is 11.5 Å². The number of phenols is 2. The minimum absolute atomic E-state index is 0.0877. The highest BCUT2D eigenvalue weighted by molar-refractivity contribution is 5.73. The van der Waals surface area contributed by atoms with E-state index >= 15 is 0 Å². The first-order valence-corrected chi connectivity index (χ1v) is 12.9. The molecule has 0 saturated carbocycles. The maximum Gasteiger partial charge on any atom is 0.168 e. The summed E-state index contributed by atoms with van der Waals surface area (Å²) in [7, 11) is 0. The van der Waals surface area contributed by atoms with Crippen molar-refractivity contribution in [3.05, 3.63) is 77.4 Å². The fourth-order valence-electron chi connectivity index (χ4n) is 4.26. The van der Waals surface area contributed by atoms with Gasteiger partial charge < -0.3 is 10.2 Å². The molecule has 0 spiro atoms. The number of phenolic OH excluding ortho intramolecular Hbond substituents is 2. The zero-order valence-electron chi connectivity index (χ0n) is 21.5. The third kappa shape index (κ3) is 6.09. The summed E-state index contributed by atoms with van der Waals surface area (Å²) in [6.07, 6.45) is 7.77. The summed E-state index contributed by atoms with van der Waals surface area (Å²) in [4.78, 5) is 14.1. The minimum atomic E-state index is -0.186. The average Bonchev–Trinajstić information content (AvgIpc) is 2.89. The predicted molar refractivity (Wildman–Crippen MR) is 146 cm³/mol. The standard InChI is InChI=1S/C31H35N3O2/c1-4-5-6-7-8-9-10-23-19-20-26(28(36)27(23)35)31-33-29(24-15-11-21(2)12-16-24)32-30(34-31)25-17-13-22(3)14-18-25/h11-20,35-36H,4-10H2,1-3H3. The van der Waals surface area contributed by atoms with Crippen molar-refractivity contribution in [3.63, 3.8) is 0 Å². The molecule has 0 atom stereocenters. The fourth-order valence-corrected chi connectivity index (χ4v) is 4.26. The highest BCUT2D eigenvalue weighted by atomic mass is 16.3. The van der Waals surface area contributed by atoms with Gasteiger partial charge in [0.15, 0.2) is 29.0 Å². The van der Waals surface area contributed by atoms with E-state index in [1.165, 1.54) is 25.7 Å². The summed E-state index contributed by atoms with van der Waals surface area (Å²) in [5.41, 5.74) is 5.16. The second-order valence-corrected chi connectivity index (χ2v) is 9.53. The molecule has 0 radical (unpaired) electrons. The highest BCUT2D eigenvalue weighted by Crippen LogP contribution is 2.39. The molecule has 36 heavy (non-hydrogen) atoms. The summed E-state index contributed by atoms with van der Waals surface area (Å²) in [6.45, 7) is 6.28. The van der Waals surface area contributed by atoms with Gasteiger partial charge in [0.05, 0.1) is 5.56 Å². The van der Waals surface area contributed by atoms with Crippen LogP contribution in [0.1, 0.15) is 62.1 Å². The molecule has 5 heteroatoms. The second-order valence-electron chi connectivity index (χ2n) is 9.53. The van der Waals surface area contributed by atoms with Crippen LogP contribution < -0.4 is 0 Å². The summed E-state index contributed by atoms with van der Waals surface area (Å²) in [6, 6.07) is 19.7. The Bertz CT molecular complexity index is 1240. The van der Waals surface area contributed by atoms with Gasteiger partial charge in [-0.25, -0.2) is 15.0 Å². The van der Waals surface area contributed by atoms with Gasteiger partial charge in [-0.3, -0.25) is 0 Å². The van der Waals surface area contributed by atoms with E-state index in [9.17, 15) is 10.2 Å². The number of hydrogen-bond acceptors (Lipinski definition) is 5. The van der Waals surface area contributed by atoms with Crippen LogP contribution in [0.2, 0.25) is 0 Å². The lowest BCUT2D eigenvalue weighted by Gasteiger charge is -2.12. The van der Waals surface area contributed by atoms with E-state index in [1.54, 1.807) is 6.07 Å². The van der Waals surface area contributed by atoms with Crippen molar-refractivity contribution in [1.29, 1.82) is 0 Å². The van der Waals surface area contributed by atoms with Crippen LogP contribution in [-0.2, 0) is 6.42 Å². The van der Waals surface area contributed by atoms with Crippen LogP contribution in [0.5, 0.6) is 11.5 Å². The molecule has 0 aliphatic heterocycles. The van der Waals surface area contributed by atoms with Crippen molar-refractivity contribution in [1.82, 2.24) is 15.0 Å². The Morgan fingerprint density at radius 2 is 1.06 bits per heavy atom. The van der Waals surface area contributed by atoms with Crippen molar-refractivity contribution >= 4 is 0 Å². The van der Waals surface area contributed by atoms with Crippen molar-refractivity contribution in [2.24, 2.45) is 0 Å². The molecule has 0 fully saturated rings. The zero-order chi connectivity index (χ0) is 25.5. The van der Waals surface area contributed by atoms with E-state index in [2.05, 4.69) is 16.9 Å². The average molecular weight is 482 g/mol. The number of aromatic hydroxyl groups is 2. The Labute approximate surface area is 213 Å². The molecule has 186 valence electrons. The SMILES string of the molecule is CCCCCCCCc1ccc(-c2nc(-c3ccc(C)cc3)nc(-c3ccc(C)cc3)n2)c(O)c1O. The second kappa shape index (κ2) is 11.8. The molecule has 1 aromatic heterocycles. The molecule has 0 unspecified atom stereocenters. The monoisotopic (exact) mass is 481 g/mol. The smallest absolute Gasteiger partial charge is 0.168 e. The third-order valence-electron chi connectivity index (χ3n) is 6.53. The molecule has 4 rings (SSSR count). The van der Waals surface area contributed by atoms with Crippen LogP contribution in [0.4, 0.5) is 0 Å². The maximum atomic E-state index is 10.9. The van der Waals surface area contributed by atoms with Gasteiger partial charge in [-0.2, -0.15) is 0 Å². The Balaban J connectivity index is 1.68. The van der Waals surface area contributed by atoms with Crippen LogP contribution >= 0.6 is 0 Å². The Hall–Kier alpha value is -3.73. The Morgan fingerprint density at radius 1 is 0.556 bits per heavy atom. The molecular formula is C31H35N3O2. The molecule has 0 bridgehead atoms. The van der Waals surface area contributed by atoms with Crippen LogP contribution in [0.15, 0.2) is 60.7 Å². The molecular weight excluding hydrogens is 446 g/mol. The van der Waals surface area contributed by atoms with Gasteiger partial charge in [-0.15, -0.1) is 0 Å². The molecule has 0 amide bonds. The molecule has 2 N–H and O–H groups in total. The van der Waals surface area contributed by atoms with Gasteiger partial charge in [0.1, 0.15) is 0 Å². The third-order valence-corrected chi connectivity index (χ3v) is 6.53. The number of unbranched alkanes of at least 4 members (excludes halogenated alkanes) is 5. The van der Waals surface area contributed by atoms with Gasteiger partial charge in [0.2, 0.25) is 0 Å². The number of benzene rings is 3. The Kier molecular flexibility index (Phi) is 8.32. The Morgan fingerprint density at radius 3 is 1.61 bits per heavy atom. The van der Waals surface area contributed by atoms with Gasteiger partial charge in [-0.1, -0.05) is 105 Å². The molecule has 1 heterocycles. The molecule has 0 saturated heterocycles. The lowest BCUT2D eigenvalue weighted by atomic mass is 10.0. The van der Waals surface area contributed by atoms with Crippen LogP contribution in [0, 0.1) is 13.8 Å². The number of aryl methyl sites for hydroxylation is 3. The van der Waals surface area contributed by atoms with Gasteiger partial charge in [-0.05, 0) is 38.3 Å². The number of nitrogens with zero attached hydrogens (tertiary/aromatic N) is 3. The normalized spacial score (nSPS) is 11.1. The lowest BCUT2D eigenvalue weighted by molar-refractivity contribution is 0.399. The van der Waals surface area contributed by atoms with Crippen molar-refractivity contribution in [3.8, 4) is 45.7 Å². The van der Waals surface area contributed by atoms with E-state index in [0.29, 0.717) is 23.0 Å². The summed E-state index contributed by atoms with van der Waals surface area (Å²) in [5, 5.41) is 21.7. The molecule has 3 aromatic carbocycles. The zero-order valence-corrected chi connectivity index (χ0v) is 21.5. The van der Waals surface area contributed by atoms with Gasteiger partial charge >= 0.3 is 0 Å². The van der Waals surface area contributed by atoms with Crippen molar-refractivity contribution in [2.45, 2.75) is 65.7 Å². The maximum absolute atomic E-state index is 10.9. The highest BCUT2D eigenvalue weighted by Gasteiger charge is 2.18. The number of aromatic nitrogens is 3. The molecule has 0 aliphatic carbocycles. The minimum Gasteiger partial charge on any atom is -0.504 e. The predicted octanol–water partition coefficient (Wildman–Crippen LogP) is 7.80. The van der Waals surface area contributed by atoms with E-state index < -0.39 is 0 Å². The lowest BCUT2D eigenvalue weighted by Crippen LogP contribution is -2.01. The molecule has 4 aromatic rings. The van der Waals surface area contributed by atoms with Crippen LogP contribution in [-0.4, -0.2) is 25.2 Å². The topological polar surface area (TPSA) is 79.1 Å². The first kappa shape index (κ1) is 25.4. The largest absolute Gasteiger partial charge is 0.504 e. The summed E-state index contributed by atoms with van der Waals surface area (Å²) < 4.78 is 0. The number of hydrogen-bond donors (Lipinski definition) is 2. The van der Waals surface area contributed by atoms with Crippen LogP contribution in [0.3, 0.4) is 0 Å². The summed E-state index contributed by atoms with van der Waals surface area (Å²) in [5.74, 6) is 1.09. The van der Waals surface area contributed by atoms with Crippen LogP contribution in [0.25, 0.3) is 34.2 Å².